The van der Waals surface area contributed by atoms with Gasteiger partial charge >= 0.3 is 0 Å². The lowest BCUT2D eigenvalue weighted by Crippen LogP contribution is -2.37. The minimum Gasteiger partial charge on any atom is -0.350 e. The van der Waals surface area contributed by atoms with Crippen LogP contribution in [0.15, 0.2) is 35.7 Å². The largest absolute Gasteiger partial charge is 0.350 e. The van der Waals surface area contributed by atoms with Crippen LogP contribution in [0.2, 0.25) is 0 Å². The van der Waals surface area contributed by atoms with Gasteiger partial charge in [-0.3, -0.25) is 4.79 Å². The highest BCUT2D eigenvalue weighted by Gasteiger charge is 2.25. The second-order valence-electron chi connectivity index (χ2n) is 5.85. The number of thiazole rings is 1. The lowest BCUT2D eigenvalue weighted by Gasteiger charge is -2.25. The van der Waals surface area contributed by atoms with Crippen molar-refractivity contribution in [2.24, 2.45) is 11.7 Å². The van der Waals surface area contributed by atoms with Crippen molar-refractivity contribution in [3.63, 3.8) is 0 Å². The molecule has 124 valence electrons. The van der Waals surface area contributed by atoms with Crippen molar-refractivity contribution in [2.45, 2.75) is 38.3 Å². The summed E-state index contributed by atoms with van der Waals surface area (Å²) in [5, 5.41) is 6.00. The Labute approximate surface area is 146 Å². The molecule has 0 radical (unpaired) electrons. The molecule has 1 aliphatic rings. The zero-order chi connectivity index (χ0) is 15.4. The molecule has 4 nitrogen and oxygen atoms in total. The number of benzene rings is 1. The van der Waals surface area contributed by atoms with E-state index in [9.17, 15) is 4.79 Å². The van der Waals surface area contributed by atoms with Crippen LogP contribution in [-0.4, -0.2) is 16.9 Å². The number of nitrogens with two attached hydrogens (primary N) is 1. The molecule has 3 rings (SSSR count). The third-order valence-electron chi connectivity index (χ3n) is 4.10. The zero-order valence-electron chi connectivity index (χ0n) is 12.9. The lowest BCUT2D eigenvalue weighted by molar-refractivity contribution is -0.126. The van der Waals surface area contributed by atoms with Gasteiger partial charge in [0.2, 0.25) is 5.91 Å². The molecule has 0 spiro atoms. The predicted molar refractivity (Wildman–Crippen MR) is 96.6 cm³/mol. The fourth-order valence-electron chi connectivity index (χ4n) is 2.89. The third-order valence-corrected chi connectivity index (χ3v) is 5.04. The summed E-state index contributed by atoms with van der Waals surface area (Å²) >= 11 is 1.61. The van der Waals surface area contributed by atoms with Crippen LogP contribution in [-0.2, 0) is 11.3 Å². The third kappa shape index (κ3) is 4.77. The maximum Gasteiger partial charge on any atom is 0.223 e. The van der Waals surface area contributed by atoms with Crippen LogP contribution in [0.1, 0.15) is 31.4 Å². The number of amides is 1. The van der Waals surface area contributed by atoms with Crippen molar-refractivity contribution in [1.82, 2.24) is 10.3 Å². The Hall–Kier alpha value is -1.43. The quantitative estimate of drug-likeness (QED) is 0.887. The number of nitrogens with one attached hydrogen (secondary N) is 1. The number of aromatic nitrogens is 1. The van der Waals surface area contributed by atoms with E-state index in [0.29, 0.717) is 6.54 Å². The van der Waals surface area contributed by atoms with Crippen molar-refractivity contribution in [2.75, 3.05) is 0 Å². The molecular formula is C17H22ClN3OS. The molecule has 2 atom stereocenters. The smallest absolute Gasteiger partial charge is 0.223 e. The normalized spacial score (nSPS) is 20.6. The topological polar surface area (TPSA) is 68.0 Å². The molecule has 0 bridgehead atoms. The lowest BCUT2D eigenvalue weighted by atomic mass is 9.85. The Morgan fingerprint density at radius 3 is 2.83 bits per heavy atom. The van der Waals surface area contributed by atoms with E-state index >= 15 is 0 Å². The SMILES string of the molecule is Cl.NC1CCCC(C(=O)NCc2csc(-c3ccccc3)n2)C1. The summed E-state index contributed by atoms with van der Waals surface area (Å²) in [6.07, 6.45) is 3.84. The van der Waals surface area contributed by atoms with Gasteiger partial charge in [0, 0.05) is 22.9 Å². The standard InChI is InChI=1S/C17H21N3OS.ClH/c18-14-8-4-7-13(9-14)16(21)19-10-15-11-22-17(20-15)12-5-2-1-3-6-12;/h1-3,5-6,11,13-14H,4,7-10,18H2,(H,19,21);1H. The average molecular weight is 352 g/mol. The minimum atomic E-state index is 0. The monoisotopic (exact) mass is 351 g/mol. The van der Waals surface area contributed by atoms with Gasteiger partial charge in [0.25, 0.3) is 0 Å². The molecule has 3 N–H and O–H groups in total. The van der Waals surface area contributed by atoms with Gasteiger partial charge in [0.15, 0.2) is 0 Å². The van der Waals surface area contributed by atoms with E-state index in [2.05, 4.69) is 10.3 Å². The number of hydrogen-bond donors (Lipinski definition) is 2. The fraction of sp³-hybridized carbons (Fsp3) is 0.412. The summed E-state index contributed by atoms with van der Waals surface area (Å²) in [6, 6.07) is 10.3. The van der Waals surface area contributed by atoms with Gasteiger partial charge in [-0.25, -0.2) is 4.98 Å². The fourth-order valence-corrected chi connectivity index (χ4v) is 3.72. The molecule has 0 aliphatic heterocycles. The Morgan fingerprint density at radius 2 is 2.09 bits per heavy atom. The molecule has 2 aromatic rings. The van der Waals surface area contributed by atoms with Gasteiger partial charge in [-0.15, -0.1) is 23.7 Å². The second-order valence-corrected chi connectivity index (χ2v) is 6.71. The molecule has 1 fully saturated rings. The van der Waals surface area contributed by atoms with Crippen LogP contribution in [0.25, 0.3) is 10.6 Å². The van der Waals surface area contributed by atoms with Crippen LogP contribution >= 0.6 is 23.7 Å². The van der Waals surface area contributed by atoms with Crippen molar-refractivity contribution in [3.05, 3.63) is 41.4 Å². The number of nitrogens with zero attached hydrogens (tertiary/aromatic N) is 1. The van der Waals surface area contributed by atoms with Gasteiger partial charge in [0.05, 0.1) is 12.2 Å². The molecule has 6 heteroatoms. The maximum atomic E-state index is 12.2. The van der Waals surface area contributed by atoms with Gasteiger partial charge < -0.3 is 11.1 Å². The molecule has 1 aromatic carbocycles. The zero-order valence-corrected chi connectivity index (χ0v) is 14.5. The summed E-state index contributed by atoms with van der Waals surface area (Å²) in [6.45, 7) is 0.494. The van der Waals surface area contributed by atoms with Crippen molar-refractivity contribution < 1.29 is 4.79 Å². The summed E-state index contributed by atoms with van der Waals surface area (Å²) in [7, 11) is 0. The first kappa shape index (κ1) is 17.9. The Kier molecular flexibility index (Phi) is 6.57. The highest BCUT2D eigenvalue weighted by Crippen LogP contribution is 2.24. The Bertz CT molecular complexity index is 632. The molecule has 1 aromatic heterocycles. The van der Waals surface area contributed by atoms with Crippen molar-refractivity contribution >= 4 is 29.7 Å². The molecule has 1 heterocycles. The maximum absolute atomic E-state index is 12.2. The van der Waals surface area contributed by atoms with Gasteiger partial charge in [-0.2, -0.15) is 0 Å². The summed E-state index contributed by atoms with van der Waals surface area (Å²) in [4.78, 5) is 16.8. The van der Waals surface area contributed by atoms with Crippen LogP contribution in [0.4, 0.5) is 0 Å². The summed E-state index contributed by atoms with van der Waals surface area (Å²) in [5.74, 6) is 0.181. The molecule has 1 aliphatic carbocycles. The predicted octanol–water partition coefficient (Wildman–Crippen LogP) is 3.37. The van der Waals surface area contributed by atoms with Gasteiger partial charge in [0.1, 0.15) is 5.01 Å². The summed E-state index contributed by atoms with van der Waals surface area (Å²) in [5.41, 5.74) is 7.98. The number of halogens is 1. The first-order valence-electron chi connectivity index (χ1n) is 7.75. The van der Waals surface area contributed by atoms with Crippen LogP contribution < -0.4 is 11.1 Å². The number of hydrogen-bond acceptors (Lipinski definition) is 4. The highest BCUT2D eigenvalue weighted by atomic mass is 35.5. The molecule has 23 heavy (non-hydrogen) atoms. The number of carbonyl (C=O) groups is 1. The summed E-state index contributed by atoms with van der Waals surface area (Å²) < 4.78 is 0. The van der Waals surface area contributed by atoms with Gasteiger partial charge in [-0.1, -0.05) is 36.8 Å². The van der Waals surface area contributed by atoms with E-state index in [1.165, 1.54) is 0 Å². The number of carbonyl (C=O) groups excluding carboxylic acids is 1. The highest BCUT2D eigenvalue weighted by molar-refractivity contribution is 7.13. The average Bonchev–Trinajstić information content (AvgIpc) is 3.02. The Morgan fingerprint density at radius 1 is 1.30 bits per heavy atom. The molecule has 1 saturated carbocycles. The second kappa shape index (κ2) is 8.43. The number of rotatable bonds is 4. The van der Waals surface area contributed by atoms with Crippen LogP contribution in [0, 0.1) is 5.92 Å². The van der Waals surface area contributed by atoms with E-state index in [4.69, 9.17) is 5.73 Å². The van der Waals surface area contributed by atoms with Gasteiger partial charge in [-0.05, 0) is 19.3 Å². The van der Waals surface area contributed by atoms with Crippen molar-refractivity contribution in [1.29, 1.82) is 0 Å². The molecule has 2 unspecified atom stereocenters. The Balaban J connectivity index is 0.00000192. The van der Waals surface area contributed by atoms with E-state index in [1.54, 1.807) is 11.3 Å². The van der Waals surface area contributed by atoms with Crippen molar-refractivity contribution in [3.8, 4) is 10.6 Å². The van der Waals surface area contributed by atoms with Crippen LogP contribution in [0.5, 0.6) is 0 Å². The molecule has 0 saturated heterocycles. The van der Waals surface area contributed by atoms with E-state index in [1.807, 2.05) is 35.7 Å². The first-order valence-corrected chi connectivity index (χ1v) is 8.63. The molecule has 1 amide bonds. The first-order chi connectivity index (χ1) is 10.7. The van der Waals surface area contributed by atoms with Crippen LogP contribution in [0.3, 0.4) is 0 Å². The minimum absolute atomic E-state index is 0. The van der Waals surface area contributed by atoms with E-state index < -0.39 is 0 Å². The van der Waals surface area contributed by atoms with E-state index in [0.717, 1.165) is 41.9 Å². The molecular weight excluding hydrogens is 330 g/mol. The van der Waals surface area contributed by atoms with E-state index in [-0.39, 0.29) is 30.3 Å².